The lowest BCUT2D eigenvalue weighted by molar-refractivity contribution is 0.321. The van der Waals surface area contributed by atoms with E-state index in [1.807, 2.05) is 12.3 Å². The Morgan fingerprint density at radius 1 is 1.53 bits per heavy atom. The first-order valence-electron chi connectivity index (χ1n) is 6.56. The molecular formula is C12H21N5. The molecule has 4 N–H and O–H groups in total. The smallest absolute Gasteiger partial charge is 0.124 e. The Hall–Kier alpha value is -1.07. The molecular weight excluding hydrogens is 214 g/mol. The number of rotatable bonds is 6. The Morgan fingerprint density at radius 3 is 3.00 bits per heavy atom. The predicted molar refractivity (Wildman–Crippen MR) is 67.9 cm³/mol. The van der Waals surface area contributed by atoms with Gasteiger partial charge >= 0.3 is 0 Å². The molecule has 1 aliphatic carbocycles. The van der Waals surface area contributed by atoms with E-state index < -0.39 is 0 Å². The quantitative estimate of drug-likeness (QED) is 0.674. The Bertz CT molecular complexity index is 367. The van der Waals surface area contributed by atoms with Crippen molar-refractivity contribution in [3.05, 3.63) is 12.3 Å². The van der Waals surface area contributed by atoms with Crippen LogP contribution in [0.3, 0.4) is 0 Å². The monoisotopic (exact) mass is 235 g/mol. The van der Waals surface area contributed by atoms with Crippen molar-refractivity contribution < 1.29 is 0 Å². The van der Waals surface area contributed by atoms with E-state index in [4.69, 9.17) is 5.73 Å². The number of aromatic nitrogens is 2. The maximum absolute atomic E-state index is 6.10. The van der Waals surface area contributed by atoms with Gasteiger partial charge < -0.3 is 16.4 Å². The molecule has 3 rings (SSSR count). The molecule has 1 saturated carbocycles. The minimum Gasteiger partial charge on any atom is -0.369 e. The van der Waals surface area contributed by atoms with Gasteiger partial charge in [0.25, 0.3) is 0 Å². The van der Waals surface area contributed by atoms with Crippen molar-refractivity contribution in [1.82, 2.24) is 15.1 Å². The molecule has 17 heavy (non-hydrogen) atoms. The third-order valence-corrected chi connectivity index (χ3v) is 3.65. The number of nitrogens with zero attached hydrogens (tertiary/aromatic N) is 2. The van der Waals surface area contributed by atoms with E-state index in [-0.39, 0.29) is 6.04 Å². The van der Waals surface area contributed by atoms with Gasteiger partial charge in [0.2, 0.25) is 0 Å². The van der Waals surface area contributed by atoms with E-state index >= 15 is 0 Å². The zero-order valence-electron chi connectivity index (χ0n) is 10.1. The Balaban J connectivity index is 1.51. The third kappa shape index (κ3) is 2.61. The molecule has 1 aliphatic heterocycles. The lowest BCUT2D eigenvalue weighted by Gasteiger charge is -2.29. The molecule has 1 atom stereocenters. The maximum atomic E-state index is 6.10. The van der Waals surface area contributed by atoms with E-state index in [1.54, 1.807) is 0 Å². The van der Waals surface area contributed by atoms with Crippen LogP contribution in [0.4, 0.5) is 5.82 Å². The number of nitrogens with one attached hydrogen (secondary N) is 2. The van der Waals surface area contributed by atoms with Crippen LogP contribution in [0.2, 0.25) is 0 Å². The van der Waals surface area contributed by atoms with Crippen LogP contribution < -0.4 is 16.4 Å². The molecule has 0 amide bonds. The molecule has 0 aromatic carbocycles. The highest BCUT2D eigenvalue weighted by Gasteiger charge is 2.24. The van der Waals surface area contributed by atoms with Crippen LogP contribution in [0.5, 0.6) is 0 Å². The summed E-state index contributed by atoms with van der Waals surface area (Å²) in [5, 5.41) is 11.0. The summed E-state index contributed by atoms with van der Waals surface area (Å²) in [5.74, 6) is 2.00. The zero-order valence-corrected chi connectivity index (χ0v) is 10.1. The van der Waals surface area contributed by atoms with Crippen molar-refractivity contribution in [2.45, 2.75) is 31.3 Å². The topological polar surface area (TPSA) is 67.9 Å². The molecule has 1 aromatic heterocycles. The van der Waals surface area contributed by atoms with Gasteiger partial charge in [0.05, 0.1) is 12.2 Å². The van der Waals surface area contributed by atoms with Crippen LogP contribution in [-0.2, 0) is 0 Å². The first-order valence-corrected chi connectivity index (χ1v) is 6.56. The lowest BCUT2D eigenvalue weighted by Crippen LogP contribution is -2.44. The second kappa shape index (κ2) is 4.66. The highest BCUT2D eigenvalue weighted by atomic mass is 15.4. The van der Waals surface area contributed by atoms with Crippen LogP contribution in [0.1, 0.15) is 25.3 Å². The molecule has 0 spiro atoms. The molecule has 2 aliphatic rings. The molecule has 2 fully saturated rings. The molecule has 5 nitrogen and oxygen atoms in total. The summed E-state index contributed by atoms with van der Waals surface area (Å²) in [7, 11) is 0. The Morgan fingerprint density at radius 2 is 2.35 bits per heavy atom. The van der Waals surface area contributed by atoms with E-state index in [9.17, 15) is 0 Å². The van der Waals surface area contributed by atoms with Crippen molar-refractivity contribution in [2.24, 2.45) is 11.7 Å². The molecule has 0 unspecified atom stereocenters. The van der Waals surface area contributed by atoms with Gasteiger partial charge in [-0.15, -0.1) is 0 Å². The lowest BCUT2D eigenvalue weighted by atomic mass is 10.1. The number of hydrogen-bond acceptors (Lipinski definition) is 4. The van der Waals surface area contributed by atoms with Gasteiger partial charge in [-0.25, -0.2) is 4.68 Å². The standard InChI is InChI=1S/C12H21N5/c13-10(5-9-1-2-9)6-15-12-3-4-16-17(12)11-7-14-8-11/h3-4,9-11,14-15H,1-2,5-8,13H2/t10-/m0/s1. The van der Waals surface area contributed by atoms with Gasteiger partial charge in [-0.2, -0.15) is 5.10 Å². The van der Waals surface area contributed by atoms with Crippen molar-refractivity contribution in [3.63, 3.8) is 0 Å². The number of hydrogen-bond donors (Lipinski definition) is 3. The summed E-state index contributed by atoms with van der Waals surface area (Å²) in [6.07, 6.45) is 5.76. The van der Waals surface area contributed by atoms with Crippen LogP contribution in [0.15, 0.2) is 12.3 Å². The largest absolute Gasteiger partial charge is 0.369 e. The van der Waals surface area contributed by atoms with Gasteiger partial charge in [-0.3, -0.25) is 0 Å². The second-order valence-corrected chi connectivity index (χ2v) is 5.29. The van der Waals surface area contributed by atoms with E-state index in [2.05, 4.69) is 20.4 Å². The summed E-state index contributed by atoms with van der Waals surface area (Å²) in [6, 6.07) is 2.81. The van der Waals surface area contributed by atoms with Crippen LogP contribution in [-0.4, -0.2) is 35.5 Å². The molecule has 2 heterocycles. The molecule has 0 bridgehead atoms. The molecule has 0 radical (unpaired) electrons. The normalized spacial score (nSPS) is 22.2. The van der Waals surface area contributed by atoms with E-state index in [0.29, 0.717) is 6.04 Å². The summed E-state index contributed by atoms with van der Waals surface area (Å²) < 4.78 is 2.07. The fourth-order valence-corrected chi connectivity index (χ4v) is 2.29. The predicted octanol–water partition coefficient (Wildman–Crippen LogP) is 0.567. The number of anilines is 1. The summed E-state index contributed by atoms with van der Waals surface area (Å²) in [4.78, 5) is 0. The highest BCUT2D eigenvalue weighted by molar-refractivity contribution is 5.35. The van der Waals surface area contributed by atoms with E-state index in [0.717, 1.165) is 37.8 Å². The van der Waals surface area contributed by atoms with Crippen molar-refractivity contribution in [3.8, 4) is 0 Å². The van der Waals surface area contributed by atoms with Crippen LogP contribution >= 0.6 is 0 Å². The maximum Gasteiger partial charge on any atom is 0.124 e. The van der Waals surface area contributed by atoms with Gasteiger partial charge in [-0.05, 0) is 12.3 Å². The summed E-state index contributed by atoms with van der Waals surface area (Å²) in [5.41, 5.74) is 6.10. The third-order valence-electron chi connectivity index (χ3n) is 3.65. The van der Waals surface area contributed by atoms with Crippen molar-refractivity contribution in [1.29, 1.82) is 0 Å². The summed E-state index contributed by atoms with van der Waals surface area (Å²) in [6.45, 7) is 2.89. The van der Waals surface area contributed by atoms with Gasteiger partial charge in [0.15, 0.2) is 0 Å². The fourth-order valence-electron chi connectivity index (χ4n) is 2.29. The van der Waals surface area contributed by atoms with Gasteiger partial charge in [-0.1, -0.05) is 12.8 Å². The SMILES string of the molecule is N[C@H](CNc1ccnn1C1CNC1)CC1CC1. The minimum absolute atomic E-state index is 0.269. The minimum atomic E-state index is 0.269. The van der Waals surface area contributed by atoms with Crippen molar-refractivity contribution >= 4 is 5.82 Å². The first-order chi connectivity index (χ1) is 8.33. The van der Waals surface area contributed by atoms with E-state index in [1.165, 1.54) is 12.8 Å². The fraction of sp³-hybridized carbons (Fsp3) is 0.750. The van der Waals surface area contributed by atoms with Gasteiger partial charge in [0, 0.05) is 31.7 Å². The highest BCUT2D eigenvalue weighted by Crippen LogP contribution is 2.33. The first kappa shape index (κ1) is 11.0. The number of nitrogens with two attached hydrogens (primary N) is 1. The average Bonchev–Trinajstić information content (AvgIpc) is 2.92. The average molecular weight is 235 g/mol. The van der Waals surface area contributed by atoms with Crippen molar-refractivity contribution in [2.75, 3.05) is 25.0 Å². The van der Waals surface area contributed by atoms with Crippen LogP contribution in [0, 0.1) is 5.92 Å². The molecule has 5 heteroatoms. The second-order valence-electron chi connectivity index (χ2n) is 5.29. The Labute approximate surface area is 102 Å². The van der Waals surface area contributed by atoms with Gasteiger partial charge in [0.1, 0.15) is 5.82 Å². The molecule has 94 valence electrons. The molecule has 1 saturated heterocycles. The Kier molecular flexibility index (Phi) is 3.03. The zero-order chi connectivity index (χ0) is 11.7. The summed E-state index contributed by atoms with van der Waals surface area (Å²) >= 11 is 0. The molecule has 1 aromatic rings. The van der Waals surface area contributed by atoms with Crippen LogP contribution in [0.25, 0.3) is 0 Å².